The number of nitrogens with one attached hydrogen (secondary N) is 1. The van der Waals surface area contributed by atoms with Crippen LogP contribution in [-0.4, -0.2) is 55.0 Å². The second kappa shape index (κ2) is 6.89. The SMILES string of the molecule is CN(C)C1C=CC(C2C=NC3NCC(C4CCCS4)C3C2)CC1. The number of hydrogen-bond acceptors (Lipinski definition) is 4. The van der Waals surface area contributed by atoms with Gasteiger partial charge in [0.2, 0.25) is 0 Å². The minimum atomic E-state index is 0.416. The van der Waals surface area contributed by atoms with Crippen molar-refractivity contribution in [3.63, 3.8) is 0 Å². The predicted octanol–water partition coefficient (Wildman–Crippen LogP) is 3.03. The fraction of sp³-hybridized carbons (Fsp3) is 0.842. The summed E-state index contributed by atoms with van der Waals surface area (Å²) in [7, 11) is 4.38. The van der Waals surface area contributed by atoms with E-state index >= 15 is 0 Å². The van der Waals surface area contributed by atoms with Crippen LogP contribution in [0.4, 0.5) is 0 Å². The van der Waals surface area contributed by atoms with Gasteiger partial charge in [-0.1, -0.05) is 12.2 Å². The smallest absolute Gasteiger partial charge is 0.102 e. The summed E-state index contributed by atoms with van der Waals surface area (Å²) in [5.41, 5.74) is 0. The lowest BCUT2D eigenvalue weighted by molar-refractivity contribution is 0.243. The first-order valence-electron chi connectivity index (χ1n) is 9.45. The third-order valence-corrected chi connectivity index (χ3v) is 8.07. The summed E-state index contributed by atoms with van der Waals surface area (Å²) in [6, 6.07) is 0.635. The van der Waals surface area contributed by atoms with E-state index in [1.54, 1.807) is 0 Å². The molecule has 0 aromatic heterocycles. The van der Waals surface area contributed by atoms with E-state index in [0.717, 1.165) is 17.1 Å². The van der Waals surface area contributed by atoms with Crippen LogP contribution in [-0.2, 0) is 0 Å². The van der Waals surface area contributed by atoms with E-state index in [9.17, 15) is 0 Å². The first-order valence-corrected chi connectivity index (χ1v) is 10.5. The molecule has 128 valence electrons. The van der Waals surface area contributed by atoms with Crippen molar-refractivity contribution in [1.29, 1.82) is 0 Å². The molecule has 4 aliphatic rings. The minimum absolute atomic E-state index is 0.416. The molecule has 4 rings (SSSR count). The highest BCUT2D eigenvalue weighted by atomic mass is 32.2. The van der Waals surface area contributed by atoms with Crippen LogP contribution in [0.5, 0.6) is 0 Å². The molecule has 3 nitrogen and oxygen atoms in total. The summed E-state index contributed by atoms with van der Waals surface area (Å²) < 4.78 is 0. The standard InChI is InChI=1S/C19H31N3S/c1-22(2)15-7-5-13(6-8-15)14-10-16-17(18-4-3-9-23-18)12-21-19(16)20-11-14/h5,7,11,13-19,21H,3-4,6,8-10,12H2,1-2H3. The Morgan fingerprint density at radius 2 is 2.00 bits per heavy atom. The number of allylic oxidation sites excluding steroid dienone is 1. The molecule has 0 aromatic carbocycles. The van der Waals surface area contributed by atoms with Crippen LogP contribution in [0.1, 0.15) is 32.1 Å². The van der Waals surface area contributed by atoms with Gasteiger partial charge in [-0.25, -0.2) is 0 Å². The van der Waals surface area contributed by atoms with Gasteiger partial charge in [0.15, 0.2) is 0 Å². The van der Waals surface area contributed by atoms with Crippen molar-refractivity contribution in [2.45, 2.75) is 49.6 Å². The van der Waals surface area contributed by atoms with Gasteiger partial charge in [-0.15, -0.1) is 0 Å². The van der Waals surface area contributed by atoms with Gasteiger partial charge >= 0.3 is 0 Å². The Kier molecular flexibility index (Phi) is 4.84. The van der Waals surface area contributed by atoms with Gasteiger partial charge in [0.05, 0.1) is 0 Å². The molecule has 0 saturated carbocycles. The Bertz CT molecular complexity index is 469. The zero-order valence-electron chi connectivity index (χ0n) is 14.5. The summed E-state index contributed by atoms with van der Waals surface area (Å²) in [4.78, 5) is 7.27. The van der Waals surface area contributed by atoms with E-state index in [2.05, 4.69) is 54.4 Å². The molecule has 0 aromatic rings. The minimum Gasteiger partial charge on any atom is -0.303 e. The van der Waals surface area contributed by atoms with Crippen LogP contribution in [0.15, 0.2) is 17.1 Å². The monoisotopic (exact) mass is 333 g/mol. The molecule has 0 radical (unpaired) electrons. The number of thioether (sulfide) groups is 1. The molecule has 4 heteroatoms. The Morgan fingerprint density at radius 1 is 1.09 bits per heavy atom. The molecule has 1 aliphatic carbocycles. The summed E-state index contributed by atoms with van der Waals surface area (Å²) in [6.07, 6.45) is 14.5. The maximum Gasteiger partial charge on any atom is 0.102 e. The Balaban J connectivity index is 1.42. The highest BCUT2D eigenvalue weighted by Crippen LogP contribution is 2.44. The number of fused-ring (bicyclic) bond motifs is 1. The Labute approximate surface area is 145 Å². The maximum atomic E-state index is 4.93. The first-order chi connectivity index (χ1) is 11.2. The third-order valence-electron chi connectivity index (χ3n) is 6.53. The average Bonchev–Trinajstić information content (AvgIpc) is 3.23. The molecule has 7 atom stereocenters. The van der Waals surface area contributed by atoms with Crippen molar-refractivity contribution in [1.82, 2.24) is 10.2 Å². The van der Waals surface area contributed by atoms with Crippen LogP contribution in [0.2, 0.25) is 0 Å². The normalized spacial score (nSPS) is 46.5. The van der Waals surface area contributed by atoms with Crippen LogP contribution in [0, 0.1) is 23.7 Å². The van der Waals surface area contributed by atoms with Crippen molar-refractivity contribution >= 4 is 18.0 Å². The van der Waals surface area contributed by atoms with Gasteiger partial charge in [0.1, 0.15) is 6.17 Å². The highest BCUT2D eigenvalue weighted by molar-refractivity contribution is 8.00. The van der Waals surface area contributed by atoms with Crippen LogP contribution < -0.4 is 5.32 Å². The van der Waals surface area contributed by atoms with Crippen molar-refractivity contribution in [3.8, 4) is 0 Å². The lowest BCUT2D eigenvalue weighted by Gasteiger charge is -2.36. The van der Waals surface area contributed by atoms with Gasteiger partial charge in [0, 0.05) is 35.9 Å². The quantitative estimate of drug-likeness (QED) is 0.805. The van der Waals surface area contributed by atoms with E-state index in [1.165, 1.54) is 44.4 Å². The van der Waals surface area contributed by atoms with E-state index in [0.29, 0.717) is 24.0 Å². The van der Waals surface area contributed by atoms with Gasteiger partial charge in [-0.05, 0) is 63.8 Å². The van der Waals surface area contributed by atoms with Crippen LogP contribution in [0.3, 0.4) is 0 Å². The van der Waals surface area contributed by atoms with Gasteiger partial charge in [0.25, 0.3) is 0 Å². The molecule has 23 heavy (non-hydrogen) atoms. The molecule has 0 spiro atoms. The predicted molar refractivity (Wildman–Crippen MR) is 100 cm³/mol. The molecule has 2 saturated heterocycles. The largest absolute Gasteiger partial charge is 0.303 e. The van der Waals surface area contributed by atoms with Crippen molar-refractivity contribution in [2.75, 3.05) is 26.4 Å². The number of hydrogen-bond donors (Lipinski definition) is 1. The third kappa shape index (κ3) is 3.27. The van der Waals surface area contributed by atoms with Crippen molar-refractivity contribution < 1.29 is 0 Å². The highest BCUT2D eigenvalue weighted by Gasteiger charge is 2.44. The van der Waals surface area contributed by atoms with Crippen LogP contribution >= 0.6 is 11.8 Å². The zero-order valence-corrected chi connectivity index (χ0v) is 15.3. The molecule has 3 heterocycles. The average molecular weight is 334 g/mol. The van der Waals surface area contributed by atoms with E-state index in [1.807, 2.05) is 0 Å². The molecular weight excluding hydrogens is 302 g/mol. The molecular formula is C19H31N3S. The lowest BCUT2D eigenvalue weighted by atomic mass is 9.74. The number of rotatable bonds is 3. The summed E-state index contributed by atoms with van der Waals surface area (Å²) in [5.74, 6) is 4.40. The van der Waals surface area contributed by atoms with Gasteiger partial charge in [-0.3, -0.25) is 10.3 Å². The number of aliphatic imine (C=N–C) groups is 1. The fourth-order valence-electron chi connectivity index (χ4n) is 5.09. The molecule has 1 N–H and O–H groups in total. The first kappa shape index (κ1) is 16.2. The summed E-state index contributed by atoms with van der Waals surface area (Å²) in [6.45, 7) is 1.19. The maximum absolute atomic E-state index is 4.93. The number of likely N-dealkylation sites (N-methyl/N-ethyl adjacent to an activating group) is 1. The van der Waals surface area contributed by atoms with Crippen molar-refractivity contribution in [3.05, 3.63) is 12.2 Å². The Morgan fingerprint density at radius 3 is 2.70 bits per heavy atom. The van der Waals surface area contributed by atoms with Gasteiger partial charge in [-0.2, -0.15) is 11.8 Å². The number of nitrogens with zero attached hydrogens (tertiary/aromatic N) is 2. The molecule has 3 aliphatic heterocycles. The molecule has 7 unspecified atom stereocenters. The second-order valence-electron chi connectivity index (χ2n) is 8.09. The van der Waals surface area contributed by atoms with E-state index in [-0.39, 0.29) is 0 Å². The molecule has 2 fully saturated rings. The molecule has 0 bridgehead atoms. The summed E-state index contributed by atoms with van der Waals surface area (Å²) >= 11 is 2.22. The zero-order chi connectivity index (χ0) is 15.8. The van der Waals surface area contributed by atoms with Gasteiger partial charge < -0.3 is 4.90 Å². The topological polar surface area (TPSA) is 27.6 Å². The summed E-state index contributed by atoms with van der Waals surface area (Å²) in [5, 5.41) is 4.59. The van der Waals surface area contributed by atoms with Crippen molar-refractivity contribution in [2.24, 2.45) is 28.7 Å². The van der Waals surface area contributed by atoms with Crippen LogP contribution in [0.25, 0.3) is 0 Å². The van der Waals surface area contributed by atoms with E-state index in [4.69, 9.17) is 4.99 Å². The fourth-order valence-corrected chi connectivity index (χ4v) is 6.60. The molecule has 0 amide bonds. The Hall–Kier alpha value is -0.320. The van der Waals surface area contributed by atoms with E-state index < -0.39 is 0 Å². The second-order valence-corrected chi connectivity index (χ2v) is 9.43. The lowest BCUT2D eigenvalue weighted by Crippen LogP contribution is -2.37.